The first-order chi connectivity index (χ1) is 14.1. The summed E-state index contributed by atoms with van der Waals surface area (Å²) < 4.78 is 11.8. The predicted octanol–water partition coefficient (Wildman–Crippen LogP) is 3.41. The van der Waals surface area contributed by atoms with Crippen LogP contribution in [0.3, 0.4) is 0 Å². The third kappa shape index (κ3) is 5.86. The standard InChI is InChI=1S/C23H32N4O2/c1-5-24-23(25-10-9-18-8-7-16(3)26-14-18)27-15-20-13-22-19(11-17(4)29-22)12-21(20)28-6-2/h7-8,12-14,17H,5-6,9-11,15H2,1-4H3,(H2,24,25,27). The molecular formula is C23H32N4O2. The maximum atomic E-state index is 5.92. The molecule has 1 aromatic heterocycles. The van der Waals surface area contributed by atoms with Crippen molar-refractivity contribution in [2.45, 2.75) is 53.2 Å². The number of ether oxygens (including phenoxy) is 2. The van der Waals surface area contributed by atoms with E-state index in [1.165, 1.54) is 11.1 Å². The molecule has 0 radical (unpaired) electrons. The molecule has 0 fully saturated rings. The van der Waals surface area contributed by atoms with Gasteiger partial charge >= 0.3 is 0 Å². The number of aryl methyl sites for hydroxylation is 1. The maximum absolute atomic E-state index is 5.92. The highest BCUT2D eigenvalue weighted by Gasteiger charge is 2.21. The second-order valence-electron chi connectivity index (χ2n) is 7.31. The largest absolute Gasteiger partial charge is 0.494 e. The lowest BCUT2D eigenvalue weighted by Crippen LogP contribution is -2.38. The second-order valence-corrected chi connectivity index (χ2v) is 7.31. The predicted molar refractivity (Wildman–Crippen MR) is 117 cm³/mol. The van der Waals surface area contributed by atoms with E-state index < -0.39 is 0 Å². The van der Waals surface area contributed by atoms with Gasteiger partial charge in [-0.25, -0.2) is 4.99 Å². The van der Waals surface area contributed by atoms with Gasteiger partial charge in [-0.1, -0.05) is 6.07 Å². The number of aromatic nitrogens is 1. The smallest absolute Gasteiger partial charge is 0.191 e. The number of hydrogen-bond donors (Lipinski definition) is 2. The third-order valence-electron chi connectivity index (χ3n) is 4.81. The molecule has 0 saturated heterocycles. The summed E-state index contributed by atoms with van der Waals surface area (Å²) in [6.45, 7) is 10.9. The topological polar surface area (TPSA) is 67.8 Å². The fraction of sp³-hybridized carbons (Fsp3) is 0.478. The van der Waals surface area contributed by atoms with Crippen LogP contribution in [-0.4, -0.2) is 36.7 Å². The lowest BCUT2D eigenvalue weighted by atomic mass is 10.1. The first-order valence-electron chi connectivity index (χ1n) is 10.5. The van der Waals surface area contributed by atoms with Crippen LogP contribution in [0.2, 0.25) is 0 Å². The molecule has 2 heterocycles. The van der Waals surface area contributed by atoms with Gasteiger partial charge in [-0.2, -0.15) is 0 Å². The van der Waals surface area contributed by atoms with Crippen LogP contribution < -0.4 is 20.1 Å². The molecule has 6 heteroatoms. The fourth-order valence-electron chi connectivity index (χ4n) is 3.37. The summed E-state index contributed by atoms with van der Waals surface area (Å²) in [6.07, 6.45) is 3.97. The fourth-order valence-corrected chi connectivity index (χ4v) is 3.37. The molecule has 0 aliphatic carbocycles. The van der Waals surface area contributed by atoms with E-state index in [4.69, 9.17) is 14.5 Å². The van der Waals surface area contributed by atoms with Gasteiger partial charge in [0.25, 0.3) is 0 Å². The van der Waals surface area contributed by atoms with Gasteiger partial charge in [0.1, 0.15) is 17.6 Å². The van der Waals surface area contributed by atoms with Crippen LogP contribution in [0.15, 0.2) is 35.5 Å². The third-order valence-corrected chi connectivity index (χ3v) is 4.81. The molecule has 0 saturated carbocycles. The molecule has 1 aliphatic rings. The number of rotatable bonds is 8. The van der Waals surface area contributed by atoms with Crippen LogP contribution in [0.1, 0.15) is 43.2 Å². The summed E-state index contributed by atoms with van der Waals surface area (Å²) in [4.78, 5) is 9.11. The summed E-state index contributed by atoms with van der Waals surface area (Å²) in [7, 11) is 0. The summed E-state index contributed by atoms with van der Waals surface area (Å²) >= 11 is 0. The van der Waals surface area contributed by atoms with Gasteiger partial charge in [-0.05, 0) is 57.9 Å². The van der Waals surface area contributed by atoms with E-state index >= 15 is 0 Å². The van der Waals surface area contributed by atoms with E-state index in [0.29, 0.717) is 13.2 Å². The van der Waals surface area contributed by atoms with Crippen LogP contribution in [0.4, 0.5) is 0 Å². The van der Waals surface area contributed by atoms with Crippen molar-refractivity contribution in [3.63, 3.8) is 0 Å². The van der Waals surface area contributed by atoms with E-state index in [2.05, 4.69) is 47.7 Å². The zero-order chi connectivity index (χ0) is 20.6. The Kier molecular flexibility index (Phi) is 7.33. The number of pyridine rings is 1. The van der Waals surface area contributed by atoms with E-state index in [1.807, 2.05) is 26.1 Å². The van der Waals surface area contributed by atoms with E-state index in [1.54, 1.807) is 0 Å². The molecule has 0 spiro atoms. The summed E-state index contributed by atoms with van der Waals surface area (Å²) in [5.74, 6) is 2.65. The van der Waals surface area contributed by atoms with Crippen molar-refractivity contribution in [1.82, 2.24) is 15.6 Å². The van der Waals surface area contributed by atoms with Crippen molar-refractivity contribution >= 4 is 5.96 Å². The molecule has 1 unspecified atom stereocenters. The summed E-state index contributed by atoms with van der Waals surface area (Å²) in [5.41, 5.74) is 4.50. The monoisotopic (exact) mass is 396 g/mol. The van der Waals surface area contributed by atoms with Crippen molar-refractivity contribution < 1.29 is 9.47 Å². The van der Waals surface area contributed by atoms with Crippen LogP contribution in [0, 0.1) is 6.92 Å². The van der Waals surface area contributed by atoms with Crippen molar-refractivity contribution in [2.75, 3.05) is 19.7 Å². The Labute approximate surface area is 173 Å². The Morgan fingerprint density at radius 2 is 2.14 bits per heavy atom. The van der Waals surface area contributed by atoms with Gasteiger partial charge in [0.15, 0.2) is 5.96 Å². The molecule has 156 valence electrons. The Morgan fingerprint density at radius 3 is 2.86 bits per heavy atom. The lowest BCUT2D eigenvalue weighted by Gasteiger charge is -2.14. The van der Waals surface area contributed by atoms with Gasteiger partial charge in [-0.3, -0.25) is 4.98 Å². The lowest BCUT2D eigenvalue weighted by molar-refractivity contribution is 0.254. The molecule has 2 aromatic rings. The maximum Gasteiger partial charge on any atom is 0.191 e. The molecular weight excluding hydrogens is 364 g/mol. The first kappa shape index (κ1) is 21.0. The van der Waals surface area contributed by atoms with Crippen molar-refractivity contribution in [2.24, 2.45) is 4.99 Å². The minimum atomic E-state index is 0.216. The Bertz CT molecular complexity index is 834. The molecule has 29 heavy (non-hydrogen) atoms. The zero-order valence-electron chi connectivity index (χ0n) is 17.9. The Balaban J connectivity index is 1.66. The zero-order valence-corrected chi connectivity index (χ0v) is 17.9. The number of nitrogens with one attached hydrogen (secondary N) is 2. The average molecular weight is 397 g/mol. The molecule has 3 rings (SSSR count). The van der Waals surface area contributed by atoms with Crippen LogP contribution in [-0.2, 0) is 19.4 Å². The van der Waals surface area contributed by atoms with Crippen molar-refractivity contribution in [3.05, 3.63) is 52.8 Å². The second kappa shape index (κ2) is 10.1. The van der Waals surface area contributed by atoms with E-state index in [0.717, 1.165) is 54.6 Å². The molecule has 0 amide bonds. The Morgan fingerprint density at radius 1 is 1.28 bits per heavy atom. The van der Waals surface area contributed by atoms with Crippen molar-refractivity contribution in [1.29, 1.82) is 0 Å². The number of aliphatic imine (C=N–C) groups is 1. The molecule has 2 N–H and O–H groups in total. The normalized spacial score (nSPS) is 15.6. The molecule has 1 aliphatic heterocycles. The van der Waals surface area contributed by atoms with Gasteiger partial charge in [0.05, 0.1) is 13.2 Å². The number of benzene rings is 1. The number of nitrogens with zero attached hydrogens (tertiary/aromatic N) is 2. The van der Waals surface area contributed by atoms with Crippen molar-refractivity contribution in [3.8, 4) is 11.5 Å². The van der Waals surface area contributed by atoms with Gasteiger partial charge in [0, 0.05) is 42.5 Å². The van der Waals surface area contributed by atoms with Gasteiger partial charge in [-0.15, -0.1) is 0 Å². The average Bonchev–Trinajstić information content (AvgIpc) is 3.06. The highest BCUT2D eigenvalue weighted by Crippen LogP contribution is 2.35. The molecule has 1 atom stereocenters. The first-order valence-corrected chi connectivity index (χ1v) is 10.5. The molecule has 0 bridgehead atoms. The van der Waals surface area contributed by atoms with Crippen LogP contribution in [0.25, 0.3) is 0 Å². The number of guanidine groups is 1. The van der Waals surface area contributed by atoms with E-state index in [9.17, 15) is 0 Å². The van der Waals surface area contributed by atoms with Crippen LogP contribution >= 0.6 is 0 Å². The quantitative estimate of drug-likeness (QED) is 0.529. The molecule has 1 aromatic carbocycles. The SMILES string of the molecule is CCNC(=NCc1cc2c(cc1OCC)CC(C)O2)NCCc1ccc(C)nc1. The van der Waals surface area contributed by atoms with Crippen LogP contribution in [0.5, 0.6) is 11.5 Å². The Hall–Kier alpha value is -2.76. The minimum Gasteiger partial charge on any atom is -0.494 e. The summed E-state index contributed by atoms with van der Waals surface area (Å²) in [5, 5.41) is 6.71. The molecule has 6 nitrogen and oxygen atoms in total. The van der Waals surface area contributed by atoms with Gasteiger partial charge in [0.2, 0.25) is 0 Å². The highest BCUT2D eigenvalue weighted by atomic mass is 16.5. The van der Waals surface area contributed by atoms with Gasteiger partial charge < -0.3 is 20.1 Å². The highest BCUT2D eigenvalue weighted by molar-refractivity contribution is 5.79. The minimum absolute atomic E-state index is 0.216. The summed E-state index contributed by atoms with van der Waals surface area (Å²) in [6, 6.07) is 8.35. The van der Waals surface area contributed by atoms with E-state index in [-0.39, 0.29) is 6.10 Å². The number of fused-ring (bicyclic) bond motifs is 1. The number of hydrogen-bond acceptors (Lipinski definition) is 4.